The molecule has 1 aromatic heterocycles. The summed E-state index contributed by atoms with van der Waals surface area (Å²) in [5.74, 6) is 1.93. The van der Waals surface area contributed by atoms with Crippen LogP contribution in [0.15, 0.2) is 11.3 Å². The Kier molecular flexibility index (Phi) is 8.35. The SMILES string of the molecule is CCCNC(=NCC(C)(C)N1CCCCC1)NCCn1cnnc1CC. The molecule has 0 atom stereocenters. The first kappa shape index (κ1) is 20.7. The zero-order valence-corrected chi connectivity index (χ0v) is 17.1. The predicted octanol–water partition coefficient (Wildman–Crippen LogP) is 2.05. The highest BCUT2D eigenvalue weighted by molar-refractivity contribution is 5.79. The molecule has 1 aliphatic heterocycles. The van der Waals surface area contributed by atoms with Crippen molar-refractivity contribution in [1.82, 2.24) is 30.3 Å². The summed E-state index contributed by atoms with van der Waals surface area (Å²) < 4.78 is 2.10. The van der Waals surface area contributed by atoms with Crippen molar-refractivity contribution in [1.29, 1.82) is 0 Å². The molecule has 0 spiro atoms. The Bertz CT molecular complexity index is 544. The monoisotopic (exact) mass is 363 g/mol. The largest absolute Gasteiger partial charge is 0.356 e. The fourth-order valence-corrected chi connectivity index (χ4v) is 3.32. The van der Waals surface area contributed by atoms with Crippen LogP contribution in [-0.2, 0) is 13.0 Å². The summed E-state index contributed by atoms with van der Waals surface area (Å²) in [7, 11) is 0. The second-order valence-electron chi connectivity index (χ2n) is 7.67. The minimum absolute atomic E-state index is 0.102. The summed E-state index contributed by atoms with van der Waals surface area (Å²) in [5.41, 5.74) is 0.102. The fraction of sp³-hybridized carbons (Fsp3) is 0.842. The molecule has 0 unspecified atom stereocenters. The summed E-state index contributed by atoms with van der Waals surface area (Å²) in [5, 5.41) is 15.0. The van der Waals surface area contributed by atoms with Crippen LogP contribution in [0.5, 0.6) is 0 Å². The van der Waals surface area contributed by atoms with Crippen LogP contribution >= 0.6 is 0 Å². The number of likely N-dealkylation sites (tertiary alicyclic amines) is 1. The molecule has 2 heterocycles. The van der Waals surface area contributed by atoms with Crippen molar-refractivity contribution in [3.8, 4) is 0 Å². The molecule has 7 nitrogen and oxygen atoms in total. The summed E-state index contributed by atoms with van der Waals surface area (Å²) >= 11 is 0. The maximum Gasteiger partial charge on any atom is 0.191 e. The van der Waals surface area contributed by atoms with E-state index in [2.05, 4.69) is 58.0 Å². The van der Waals surface area contributed by atoms with E-state index in [-0.39, 0.29) is 5.54 Å². The maximum atomic E-state index is 4.88. The second-order valence-corrected chi connectivity index (χ2v) is 7.67. The lowest BCUT2D eigenvalue weighted by Crippen LogP contribution is -2.49. The number of piperidine rings is 1. The average Bonchev–Trinajstić information content (AvgIpc) is 3.11. The maximum absolute atomic E-state index is 4.88. The van der Waals surface area contributed by atoms with Crippen molar-refractivity contribution in [3.63, 3.8) is 0 Å². The standard InChI is InChI=1S/C19H37N7/c1-5-10-20-18(21-11-14-25-16-23-24-17(25)6-2)22-15-19(3,4)26-12-8-7-9-13-26/h16H,5-15H2,1-4H3,(H2,20,21,22). The quantitative estimate of drug-likeness (QED) is 0.519. The summed E-state index contributed by atoms with van der Waals surface area (Å²) in [4.78, 5) is 7.47. The molecule has 0 radical (unpaired) electrons. The van der Waals surface area contributed by atoms with Crippen molar-refractivity contribution < 1.29 is 0 Å². The topological polar surface area (TPSA) is 70.4 Å². The Balaban J connectivity index is 1.89. The minimum Gasteiger partial charge on any atom is -0.356 e. The Morgan fingerprint density at radius 1 is 1.15 bits per heavy atom. The molecule has 0 aromatic carbocycles. The molecule has 1 aromatic rings. The number of aromatic nitrogens is 3. The van der Waals surface area contributed by atoms with E-state index in [0.717, 1.165) is 50.8 Å². The number of guanidine groups is 1. The van der Waals surface area contributed by atoms with Gasteiger partial charge < -0.3 is 15.2 Å². The van der Waals surface area contributed by atoms with E-state index in [9.17, 15) is 0 Å². The van der Waals surface area contributed by atoms with Gasteiger partial charge in [0.15, 0.2) is 5.96 Å². The molecule has 1 aliphatic rings. The molecule has 148 valence electrons. The van der Waals surface area contributed by atoms with Crippen LogP contribution in [0, 0.1) is 0 Å². The van der Waals surface area contributed by atoms with E-state index in [1.807, 2.05) is 0 Å². The fourth-order valence-electron chi connectivity index (χ4n) is 3.32. The smallest absolute Gasteiger partial charge is 0.191 e. The van der Waals surface area contributed by atoms with E-state index < -0.39 is 0 Å². The molecule has 7 heteroatoms. The first-order chi connectivity index (χ1) is 12.6. The number of rotatable bonds is 9. The Morgan fingerprint density at radius 3 is 2.58 bits per heavy atom. The van der Waals surface area contributed by atoms with Crippen LogP contribution in [0.1, 0.15) is 59.2 Å². The van der Waals surface area contributed by atoms with E-state index in [0.29, 0.717) is 0 Å². The van der Waals surface area contributed by atoms with E-state index >= 15 is 0 Å². The van der Waals surface area contributed by atoms with Gasteiger partial charge in [0.25, 0.3) is 0 Å². The number of hydrogen-bond donors (Lipinski definition) is 2. The number of nitrogens with one attached hydrogen (secondary N) is 2. The summed E-state index contributed by atoms with van der Waals surface area (Å²) in [6, 6.07) is 0. The molecule has 2 rings (SSSR count). The highest BCUT2D eigenvalue weighted by Gasteiger charge is 2.27. The Labute approximate surface area is 158 Å². The molecular formula is C19H37N7. The van der Waals surface area contributed by atoms with Crippen molar-refractivity contribution in [2.45, 2.75) is 71.9 Å². The van der Waals surface area contributed by atoms with Crippen LogP contribution in [-0.4, -0.2) is 63.9 Å². The molecule has 0 saturated carbocycles. The molecule has 1 saturated heterocycles. The van der Waals surface area contributed by atoms with Gasteiger partial charge in [0.2, 0.25) is 0 Å². The lowest BCUT2D eigenvalue weighted by atomic mass is 9.99. The van der Waals surface area contributed by atoms with Crippen LogP contribution < -0.4 is 10.6 Å². The highest BCUT2D eigenvalue weighted by atomic mass is 15.3. The number of aliphatic imine (C=N–C) groups is 1. The summed E-state index contributed by atoms with van der Waals surface area (Å²) in [6.45, 7) is 14.7. The number of hydrogen-bond acceptors (Lipinski definition) is 4. The normalized spacial score (nSPS) is 16.7. The third kappa shape index (κ3) is 6.27. The van der Waals surface area contributed by atoms with Crippen molar-refractivity contribution in [2.75, 3.05) is 32.7 Å². The van der Waals surface area contributed by atoms with Gasteiger partial charge >= 0.3 is 0 Å². The third-order valence-corrected chi connectivity index (χ3v) is 5.04. The van der Waals surface area contributed by atoms with Crippen molar-refractivity contribution in [2.24, 2.45) is 4.99 Å². The van der Waals surface area contributed by atoms with E-state index in [1.165, 1.54) is 32.4 Å². The molecule has 26 heavy (non-hydrogen) atoms. The van der Waals surface area contributed by atoms with E-state index in [1.54, 1.807) is 6.33 Å². The van der Waals surface area contributed by atoms with Gasteiger partial charge in [0.05, 0.1) is 6.54 Å². The van der Waals surface area contributed by atoms with Crippen LogP contribution in [0.25, 0.3) is 0 Å². The van der Waals surface area contributed by atoms with Gasteiger partial charge in [0, 0.05) is 31.6 Å². The van der Waals surface area contributed by atoms with Crippen LogP contribution in [0.4, 0.5) is 0 Å². The van der Waals surface area contributed by atoms with Gasteiger partial charge in [-0.1, -0.05) is 20.3 Å². The number of nitrogens with zero attached hydrogens (tertiary/aromatic N) is 5. The molecular weight excluding hydrogens is 326 g/mol. The first-order valence-corrected chi connectivity index (χ1v) is 10.2. The predicted molar refractivity (Wildman–Crippen MR) is 108 cm³/mol. The van der Waals surface area contributed by atoms with Crippen LogP contribution in [0.3, 0.4) is 0 Å². The molecule has 0 aliphatic carbocycles. The first-order valence-electron chi connectivity index (χ1n) is 10.2. The molecule has 2 N–H and O–H groups in total. The highest BCUT2D eigenvalue weighted by Crippen LogP contribution is 2.20. The van der Waals surface area contributed by atoms with Crippen molar-refractivity contribution >= 4 is 5.96 Å². The molecule has 0 amide bonds. The Hall–Kier alpha value is -1.63. The van der Waals surface area contributed by atoms with Gasteiger partial charge in [-0.15, -0.1) is 10.2 Å². The Morgan fingerprint density at radius 2 is 1.88 bits per heavy atom. The second kappa shape index (κ2) is 10.5. The van der Waals surface area contributed by atoms with Gasteiger partial charge in [-0.3, -0.25) is 9.89 Å². The van der Waals surface area contributed by atoms with Gasteiger partial charge in [0.1, 0.15) is 12.2 Å². The molecule has 0 bridgehead atoms. The lowest BCUT2D eigenvalue weighted by Gasteiger charge is -2.40. The minimum atomic E-state index is 0.102. The van der Waals surface area contributed by atoms with Crippen LogP contribution in [0.2, 0.25) is 0 Å². The lowest BCUT2D eigenvalue weighted by molar-refractivity contribution is 0.102. The number of aryl methyl sites for hydroxylation is 1. The van der Waals surface area contributed by atoms with E-state index in [4.69, 9.17) is 4.99 Å². The van der Waals surface area contributed by atoms with Gasteiger partial charge in [-0.05, 0) is 46.2 Å². The van der Waals surface area contributed by atoms with Gasteiger partial charge in [-0.2, -0.15) is 0 Å². The summed E-state index contributed by atoms with van der Waals surface area (Å²) in [6.07, 6.45) is 7.77. The van der Waals surface area contributed by atoms with Crippen molar-refractivity contribution in [3.05, 3.63) is 12.2 Å². The average molecular weight is 364 g/mol. The zero-order chi connectivity index (χ0) is 18.8. The third-order valence-electron chi connectivity index (χ3n) is 5.04. The molecule has 1 fully saturated rings. The zero-order valence-electron chi connectivity index (χ0n) is 17.1. The van der Waals surface area contributed by atoms with Gasteiger partial charge in [-0.25, -0.2) is 0 Å².